The number of amides is 3. The number of halogens is 1. The van der Waals surface area contributed by atoms with Crippen molar-refractivity contribution in [2.45, 2.75) is 64.8 Å². The van der Waals surface area contributed by atoms with Gasteiger partial charge in [0.15, 0.2) is 11.6 Å². The Morgan fingerprint density at radius 3 is 2.71 bits per heavy atom. The molecule has 0 spiro atoms. The minimum Gasteiger partial charge on any atom is -0.465 e. The summed E-state index contributed by atoms with van der Waals surface area (Å²) < 4.78 is 26.0. The average Bonchev–Trinajstić information content (AvgIpc) is 3.78. The highest BCUT2D eigenvalue weighted by Crippen LogP contribution is 2.41. The van der Waals surface area contributed by atoms with Gasteiger partial charge in [-0.3, -0.25) is 14.6 Å². The topological polar surface area (TPSA) is 122 Å². The average molecular weight is 674 g/mol. The number of benzene rings is 1. The minimum absolute atomic E-state index is 0.0355. The first kappa shape index (κ1) is 34.4. The summed E-state index contributed by atoms with van der Waals surface area (Å²) in [6.45, 7) is 5.55. The second kappa shape index (κ2) is 16.8. The number of nitrogens with zero attached hydrogens (tertiary/aromatic N) is 2. The van der Waals surface area contributed by atoms with E-state index < -0.39 is 5.82 Å². The lowest BCUT2D eigenvalue weighted by Gasteiger charge is -2.21. The summed E-state index contributed by atoms with van der Waals surface area (Å²) in [6.07, 6.45) is 8.02. The van der Waals surface area contributed by atoms with Crippen molar-refractivity contribution in [3.8, 4) is 28.2 Å². The van der Waals surface area contributed by atoms with Crippen LogP contribution in [0, 0.1) is 17.7 Å². The molecule has 2 aromatic heterocycles. The van der Waals surface area contributed by atoms with Crippen LogP contribution < -0.4 is 20.7 Å². The molecule has 0 atom stereocenters. The maximum absolute atomic E-state index is 14.9. The van der Waals surface area contributed by atoms with E-state index in [1.807, 2.05) is 37.4 Å². The predicted molar refractivity (Wildman–Crippen MR) is 185 cm³/mol. The number of ether oxygens (including phenoxy) is 2. The van der Waals surface area contributed by atoms with Crippen LogP contribution in [-0.2, 0) is 20.7 Å². The SMILES string of the molecule is CCCN(CCC#CCc1ccc(-c2cc3c(s2)C(Oc2ccc(NC(=O)NC4CC4)cc2F)=CCN3)nc1)C(=O)CCOC(=O)CC. The fraction of sp³-hybridized carbons (Fsp3) is 0.389. The first-order valence-corrected chi connectivity index (χ1v) is 17.1. The fourth-order valence-electron chi connectivity index (χ4n) is 4.89. The molecule has 3 amide bonds. The Balaban J connectivity index is 1.13. The lowest BCUT2D eigenvalue weighted by atomic mass is 10.1. The third kappa shape index (κ3) is 9.81. The van der Waals surface area contributed by atoms with Crippen LogP contribution >= 0.6 is 11.3 Å². The van der Waals surface area contributed by atoms with Crippen LogP contribution in [0.4, 0.5) is 20.6 Å². The van der Waals surface area contributed by atoms with E-state index >= 15 is 0 Å². The van der Waals surface area contributed by atoms with Crippen LogP contribution in [-0.4, -0.2) is 60.1 Å². The van der Waals surface area contributed by atoms with Crippen LogP contribution in [0.3, 0.4) is 0 Å². The number of hydrogen-bond acceptors (Lipinski definition) is 8. The Morgan fingerprint density at radius 2 is 1.98 bits per heavy atom. The summed E-state index contributed by atoms with van der Waals surface area (Å²) in [5.74, 6) is 6.04. The monoisotopic (exact) mass is 673 g/mol. The molecular formula is C36H40FN5O5S. The molecule has 0 saturated heterocycles. The van der Waals surface area contributed by atoms with Gasteiger partial charge in [0.1, 0.15) is 12.4 Å². The zero-order valence-corrected chi connectivity index (χ0v) is 28.0. The maximum atomic E-state index is 14.9. The molecule has 1 fully saturated rings. The molecule has 1 aliphatic carbocycles. The van der Waals surface area contributed by atoms with E-state index in [-0.39, 0.29) is 42.7 Å². The number of fused-ring (bicyclic) bond motifs is 1. The molecule has 0 unspecified atom stereocenters. The third-order valence-corrected chi connectivity index (χ3v) is 8.75. The van der Waals surface area contributed by atoms with Gasteiger partial charge in [-0.1, -0.05) is 25.8 Å². The Kier molecular flexibility index (Phi) is 12.0. The number of pyridine rings is 1. The molecule has 5 rings (SSSR count). The van der Waals surface area contributed by atoms with E-state index in [4.69, 9.17) is 9.47 Å². The maximum Gasteiger partial charge on any atom is 0.319 e. The quantitative estimate of drug-likeness (QED) is 0.130. The second-order valence-corrected chi connectivity index (χ2v) is 12.5. The normalized spacial score (nSPS) is 13.2. The van der Waals surface area contributed by atoms with Gasteiger partial charge in [0.25, 0.3) is 0 Å². The molecule has 2 aliphatic rings. The number of urea groups is 1. The van der Waals surface area contributed by atoms with Crippen molar-refractivity contribution in [2.24, 2.45) is 0 Å². The van der Waals surface area contributed by atoms with Crippen molar-refractivity contribution in [1.82, 2.24) is 15.2 Å². The summed E-state index contributed by atoms with van der Waals surface area (Å²) in [6, 6.07) is 10.2. The molecule has 1 aromatic carbocycles. The Hall–Kier alpha value is -4.89. The molecule has 48 heavy (non-hydrogen) atoms. The van der Waals surface area contributed by atoms with Crippen molar-refractivity contribution in [3.63, 3.8) is 0 Å². The van der Waals surface area contributed by atoms with Gasteiger partial charge in [0.05, 0.1) is 27.6 Å². The first-order chi connectivity index (χ1) is 23.3. The second-order valence-electron chi connectivity index (χ2n) is 11.5. The summed E-state index contributed by atoms with van der Waals surface area (Å²) in [4.78, 5) is 44.0. The molecule has 3 heterocycles. The zero-order chi connectivity index (χ0) is 33.9. The Bertz CT molecular complexity index is 1710. The molecule has 1 aliphatic heterocycles. The predicted octanol–water partition coefficient (Wildman–Crippen LogP) is 6.60. The standard InChI is InChI=1S/C36H40FN5O5S/c1-3-18-42(33(43)16-20-46-34(44)4-2)19-7-5-6-8-24-9-13-28(39-23-24)32-22-29-35(48-32)31(15-17-38-29)47-30-14-12-26(21-27(30)37)41-36(45)40-25-10-11-25/h9,12-15,21-23,25,38H,3-4,7-8,10-11,16-20H2,1-2H3,(H2,40,41,45). The van der Waals surface area contributed by atoms with Gasteiger partial charge >= 0.3 is 12.0 Å². The number of nitrogens with one attached hydrogen (secondary N) is 3. The van der Waals surface area contributed by atoms with Crippen LogP contribution in [0.1, 0.15) is 62.8 Å². The number of thiophene rings is 1. The van der Waals surface area contributed by atoms with Gasteiger partial charge in [-0.2, -0.15) is 0 Å². The minimum atomic E-state index is -0.573. The van der Waals surface area contributed by atoms with Crippen molar-refractivity contribution in [3.05, 3.63) is 64.9 Å². The van der Waals surface area contributed by atoms with Crippen molar-refractivity contribution in [2.75, 3.05) is 36.9 Å². The third-order valence-electron chi connectivity index (χ3n) is 7.57. The van der Waals surface area contributed by atoms with Crippen molar-refractivity contribution >= 4 is 46.4 Å². The molecule has 1 saturated carbocycles. The Labute approximate surface area is 284 Å². The highest BCUT2D eigenvalue weighted by molar-refractivity contribution is 7.17. The number of aromatic nitrogens is 1. The largest absolute Gasteiger partial charge is 0.465 e. The van der Waals surface area contributed by atoms with Gasteiger partial charge in [0.2, 0.25) is 5.91 Å². The van der Waals surface area contributed by atoms with E-state index in [1.165, 1.54) is 23.5 Å². The van der Waals surface area contributed by atoms with E-state index in [9.17, 15) is 18.8 Å². The number of esters is 1. The molecule has 0 radical (unpaired) electrons. The number of carbonyl (C=O) groups excluding carboxylic acids is 3. The summed E-state index contributed by atoms with van der Waals surface area (Å²) in [5.41, 5.74) is 3.02. The van der Waals surface area contributed by atoms with Crippen LogP contribution in [0.25, 0.3) is 16.3 Å². The lowest BCUT2D eigenvalue weighted by Crippen LogP contribution is -2.33. The van der Waals surface area contributed by atoms with Crippen molar-refractivity contribution < 1.29 is 28.2 Å². The highest BCUT2D eigenvalue weighted by Gasteiger charge is 2.24. The number of rotatable bonds is 14. The Morgan fingerprint density at radius 1 is 1.12 bits per heavy atom. The molecular weight excluding hydrogens is 633 g/mol. The summed E-state index contributed by atoms with van der Waals surface area (Å²) in [5, 5.41) is 8.81. The van der Waals surface area contributed by atoms with Crippen LogP contribution in [0.15, 0.2) is 48.7 Å². The molecule has 252 valence electrons. The zero-order valence-electron chi connectivity index (χ0n) is 27.2. The van der Waals surface area contributed by atoms with E-state index in [2.05, 4.69) is 32.8 Å². The number of anilines is 2. The lowest BCUT2D eigenvalue weighted by molar-refractivity contribution is -0.145. The van der Waals surface area contributed by atoms with Crippen LogP contribution in [0.2, 0.25) is 0 Å². The number of hydrogen-bond donors (Lipinski definition) is 3. The smallest absolute Gasteiger partial charge is 0.319 e. The van der Waals surface area contributed by atoms with Crippen molar-refractivity contribution in [1.29, 1.82) is 0 Å². The van der Waals surface area contributed by atoms with Crippen LogP contribution in [0.5, 0.6) is 5.75 Å². The van der Waals surface area contributed by atoms with Gasteiger partial charge < -0.3 is 30.3 Å². The molecule has 3 N–H and O–H groups in total. The van der Waals surface area contributed by atoms with E-state index in [0.717, 1.165) is 46.0 Å². The molecule has 0 bridgehead atoms. The van der Waals surface area contributed by atoms with Gasteiger partial charge in [0, 0.05) is 62.9 Å². The fourth-order valence-corrected chi connectivity index (χ4v) is 5.98. The van der Waals surface area contributed by atoms with Gasteiger partial charge in [-0.15, -0.1) is 17.3 Å². The van der Waals surface area contributed by atoms with Gasteiger partial charge in [-0.05, 0) is 55.2 Å². The number of carbonyl (C=O) groups is 3. The highest BCUT2D eigenvalue weighted by atomic mass is 32.1. The van der Waals surface area contributed by atoms with E-state index in [1.54, 1.807) is 17.9 Å². The summed E-state index contributed by atoms with van der Waals surface area (Å²) >= 11 is 1.50. The summed E-state index contributed by atoms with van der Waals surface area (Å²) in [7, 11) is 0. The van der Waals surface area contributed by atoms with Gasteiger partial charge in [-0.25, -0.2) is 9.18 Å². The van der Waals surface area contributed by atoms with E-state index in [0.29, 0.717) is 50.3 Å². The molecule has 10 nitrogen and oxygen atoms in total. The molecule has 3 aromatic rings. The first-order valence-electron chi connectivity index (χ1n) is 16.3. The molecule has 12 heteroatoms.